The van der Waals surface area contributed by atoms with E-state index in [4.69, 9.17) is 0 Å². The summed E-state index contributed by atoms with van der Waals surface area (Å²) < 4.78 is 3.27. The van der Waals surface area contributed by atoms with Crippen molar-refractivity contribution in [1.82, 2.24) is 28.9 Å². The van der Waals surface area contributed by atoms with E-state index in [9.17, 15) is 19.5 Å². The second kappa shape index (κ2) is 12.6. The molecule has 0 bridgehead atoms. The van der Waals surface area contributed by atoms with Gasteiger partial charge in [-0.1, -0.05) is 48.5 Å². The molecule has 0 aliphatic carbocycles. The number of likely N-dealkylation sites (tertiary alicyclic amines) is 2. The molecular formula is C37H38N6O4. The van der Waals surface area contributed by atoms with Gasteiger partial charge in [0.15, 0.2) is 0 Å². The van der Waals surface area contributed by atoms with Gasteiger partial charge in [0.25, 0.3) is 11.5 Å². The molecule has 47 heavy (non-hydrogen) atoms. The fourth-order valence-corrected chi connectivity index (χ4v) is 7.16. The van der Waals surface area contributed by atoms with E-state index >= 15 is 0 Å². The molecule has 240 valence electrons. The van der Waals surface area contributed by atoms with Gasteiger partial charge >= 0.3 is 0 Å². The number of carbonyl (C=O) groups is 2. The van der Waals surface area contributed by atoms with E-state index in [1.807, 2.05) is 83.6 Å². The first kappa shape index (κ1) is 30.6. The summed E-state index contributed by atoms with van der Waals surface area (Å²) in [6.07, 6.45) is 8.07. The van der Waals surface area contributed by atoms with E-state index in [0.29, 0.717) is 62.0 Å². The predicted octanol–water partition coefficient (Wildman–Crippen LogP) is 4.10. The number of aromatic nitrogens is 4. The molecule has 0 unspecified atom stereocenters. The van der Waals surface area contributed by atoms with Gasteiger partial charge in [0.1, 0.15) is 12.0 Å². The van der Waals surface area contributed by atoms with Gasteiger partial charge < -0.3 is 19.5 Å². The Hall–Kier alpha value is -5.09. The monoisotopic (exact) mass is 630 g/mol. The molecule has 7 rings (SSSR count). The fourth-order valence-electron chi connectivity index (χ4n) is 7.16. The minimum Gasteiger partial charge on any atom is -0.388 e. The molecule has 5 aromatic rings. The Kier molecular flexibility index (Phi) is 8.19. The van der Waals surface area contributed by atoms with Gasteiger partial charge in [0.2, 0.25) is 5.91 Å². The Bertz CT molecular complexity index is 1960. The lowest BCUT2D eigenvalue weighted by Gasteiger charge is -2.43. The minimum atomic E-state index is -1.12. The van der Waals surface area contributed by atoms with Crippen LogP contribution in [0.5, 0.6) is 0 Å². The maximum Gasteiger partial charge on any atom is 0.262 e. The van der Waals surface area contributed by atoms with Crippen LogP contribution in [0.3, 0.4) is 0 Å². The van der Waals surface area contributed by atoms with Gasteiger partial charge in [-0.25, -0.2) is 4.98 Å². The number of carbonyl (C=O) groups excluding carboxylic acids is 2. The lowest BCUT2D eigenvalue weighted by Crippen LogP contribution is -2.53. The quantitative estimate of drug-likeness (QED) is 0.302. The van der Waals surface area contributed by atoms with Gasteiger partial charge in [0, 0.05) is 74.8 Å². The van der Waals surface area contributed by atoms with Crippen molar-refractivity contribution in [3.8, 4) is 11.1 Å². The fraction of sp³-hybridized carbons (Fsp3) is 0.324. The third kappa shape index (κ3) is 6.08. The van der Waals surface area contributed by atoms with Crippen LogP contribution >= 0.6 is 0 Å². The van der Waals surface area contributed by atoms with Crippen molar-refractivity contribution < 1.29 is 14.7 Å². The molecule has 1 N–H and O–H groups in total. The number of piperidine rings is 2. The average molecular weight is 631 g/mol. The molecule has 3 aromatic heterocycles. The first-order chi connectivity index (χ1) is 22.8. The molecule has 10 heteroatoms. The lowest BCUT2D eigenvalue weighted by atomic mass is 9.79. The highest BCUT2D eigenvalue weighted by Gasteiger charge is 2.41. The van der Waals surface area contributed by atoms with Crippen molar-refractivity contribution in [2.45, 2.75) is 37.3 Å². The Morgan fingerprint density at radius 1 is 0.936 bits per heavy atom. The third-order valence-corrected chi connectivity index (χ3v) is 9.87. The Morgan fingerprint density at radius 3 is 2.49 bits per heavy atom. The maximum atomic E-state index is 14.1. The number of hydrogen-bond donors (Lipinski definition) is 1. The van der Waals surface area contributed by atoms with Crippen LogP contribution in [-0.4, -0.2) is 77.6 Å². The molecule has 0 saturated carbocycles. The van der Waals surface area contributed by atoms with Crippen LogP contribution in [0.2, 0.25) is 0 Å². The van der Waals surface area contributed by atoms with E-state index in [1.165, 1.54) is 10.9 Å². The number of aliphatic hydroxyl groups is 1. The van der Waals surface area contributed by atoms with E-state index in [1.54, 1.807) is 29.2 Å². The number of amides is 2. The summed E-state index contributed by atoms with van der Waals surface area (Å²) in [7, 11) is 1.84. The van der Waals surface area contributed by atoms with Crippen LogP contribution in [0, 0.1) is 5.92 Å². The van der Waals surface area contributed by atoms with Gasteiger partial charge in [-0.15, -0.1) is 0 Å². The SMILES string of the molecule is Cn1ccc2c(=O)n(CC3(O)CCN(C(=O)[C@@H]4CCN(C(=O)c5cccc(-c6cccnc6)c5)C[C@H]4c4ccccc4)CC3)cnc21. The Morgan fingerprint density at radius 2 is 1.72 bits per heavy atom. The topological polar surface area (TPSA) is 114 Å². The molecule has 2 fully saturated rings. The molecule has 0 spiro atoms. The van der Waals surface area contributed by atoms with Gasteiger partial charge in [-0.2, -0.15) is 0 Å². The van der Waals surface area contributed by atoms with Gasteiger partial charge in [-0.05, 0) is 54.7 Å². The average Bonchev–Trinajstić information content (AvgIpc) is 3.50. The molecule has 2 aliphatic rings. The highest BCUT2D eigenvalue weighted by Crippen LogP contribution is 2.36. The zero-order valence-electron chi connectivity index (χ0n) is 26.4. The van der Waals surface area contributed by atoms with Crippen molar-refractivity contribution in [3.63, 3.8) is 0 Å². The predicted molar refractivity (Wildman–Crippen MR) is 179 cm³/mol. The number of hydrogen-bond acceptors (Lipinski definition) is 6. The van der Waals surface area contributed by atoms with Crippen LogP contribution in [0.4, 0.5) is 0 Å². The summed E-state index contributed by atoms with van der Waals surface area (Å²) >= 11 is 0. The molecule has 10 nitrogen and oxygen atoms in total. The second-order valence-electron chi connectivity index (χ2n) is 12.9. The smallest absolute Gasteiger partial charge is 0.262 e. The van der Waals surface area contributed by atoms with E-state index < -0.39 is 5.60 Å². The van der Waals surface area contributed by atoms with Crippen LogP contribution in [-0.2, 0) is 18.4 Å². The first-order valence-electron chi connectivity index (χ1n) is 16.2. The van der Waals surface area contributed by atoms with E-state index in [0.717, 1.165) is 16.7 Å². The Balaban J connectivity index is 1.05. The highest BCUT2D eigenvalue weighted by molar-refractivity contribution is 5.96. The molecule has 2 amide bonds. The summed E-state index contributed by atoms with van der Waals surface area (Å²) in [5.41, 5.74) is 2.83. The Labute approximate surface area is 272 Å². The number of rotatable bonds is 6. The largest absolute Gasteiger partial charge is 0.388 e. The highest BCUT2D eigenvalue weighted by atomic mass is 16.3. The molecule has 2 aliphatic heterocycles. The molecule has 0 radical (unpaired) electrons. The number of nitrogens with zero attached hydrogens (tertiary/aromatic N) is 6. The van der Waals surface area contributed by atoms with Gasteiger partial charge in [-0.3, -0.25) is 23.9 Å². The lowest BCUT2D eigenvalue weighted by molar-refractivity contribution is -0.142. The van der Waals surface area contributed by atoms with Crippen molar-refractivity contribution in [1.29, 1.82) is 0 Å². The summed E-state index contributed by atoms with van der Waals surface area (Å²) in [6.45, 7) is 1.83. The van der Waals surface area contributed by atoms with Crippen LogP contribution in [0.1, 0.15) is 41.1 Å². The molecular weight excluding hydrogens is 592 g/mol. The summed E-state index contributed by atoms with van der Waals surface area (Å²) in [6, 6.07) is 23.2. The number of fused-ring (bicyclic) bond motifs is 1. The summed E-state index contributed by atoms with van der Waals surface area (Å²) in [4.78, 5) is 53.3. The van der Waals surface area contributed by atoms with Crippen LogP contribution in [0.25, 0.3) is 22.2 Å². The van der Waals surface area contributed by atoms with E-state index in [-0.39, 0.29) is 35.8 Å². The van der Waals surface area contributed by atoms with E-state index in [2.05, 4.69) is 9.97 Å². The molecule has 5 heterocycles. The minimum absolute atomic E-state index is 0.0518. The molecule has 2 aromatic carbocycles. The van der Waals surface area contributed by atoms with Crippen molar-refractivity contribution in [2.24, 2.45) is 13.0 Å². The zero-order chi connectivity index (χ0) is 32.5. The van der Waals surface area contributed by atoms with Gasteiger partial charge in [0.05, 0.1) is 17.5 Å². The molecule has 2 atom stereocenters. The summed E-state index contributed by atoms with van der Waals surface area (Å²) in [5.74, 6) is -0.451. The molecule has 2 saturated heterocycles. The van der Waals surface area contributed by atoms with Crippen molar-refractivity contribution in [2.75, 3.05) is 26.2 Å². The van der Waals surface area contributed by atoms with Crippen molar-refractivity contribution >= 4 is 22.8 Å². The number of benzene rings is 2. The maximum absolute atomic E-state index is 14.1. The zero-order valence-corrected chi connectivity index (χ0v) is 26.4. The number of aryl methyl sites for hydroxylation is 1. The van der Waals surface area contributed by atoms with Crippen molar-refractivity contribution in [3.05, 3.63) is 119 Å². The van der Waals surface area contributed by atoms with Crippen LogP contribution in [0.15, 0.2) is 103 Å². The third-order valence-electron chi connectivity index (χ3n) is 9.87. The standard InChI is InChI=1S/C37H38N6O4/c1-40-17-12-31-33(40)39-25-43(36(31)46)24-37(47)14-19-41(20-15-37)35(45)30-13-18-42(23-32(30)26-7-3-2-4-8-26)34(44)28-10-5-9-27(21-28)29-11-6-16-38-22-29/h2-12,16-17,21-22,25,30,32,47H,13-15,18-20,23-24H2,1H3/t30-,32+/m1/s1. The number of pyridine rings is 1. The normalized spacial score (nSPS) is 19.5. The van der Waals surface area contributed by atoms with Crippen LogP contribution < -0.4 is 5.56 Å². The second-order valence-corrected chi connectivity index (χ2v) is 12.9. The summed E-state index contributed by atoms with van der Waals surface area (Å²) in [5, 5.41) is 12.0. The first-order valence-corrected chi connectivity index (χ1v) is 16.2.